The van der Waals surface area contributed by atoms with E-state index < -0.39 is 0 Å². The molecule has 3 heterocycles. The number of aromatic nitrogens is 2. The number of hydrogen-bond donors (Lipinski definition) is 0. The quantitative estimate of drug-likeness (QED) is 0.177. The van der Waals surface area contributed by atoms with E-state index >= 15 is 0 Å². The van der Waals surface area contributed by atoms with Gasteiger partial charge in [0.25, 0.3) is 0 Å². The van der Waals surface area contributed by atoms with Crippen molar-refractivity contribution in [1.82, 2.24) is 9.13 Å². The average Bonchev–Trinajstić information content (AvgIpc) is 3.86. The molecule has 11 aromatic rings. The van der Waals surface area contributed by atoms with E-state index in [0.717, 1.165) is 0 Å². The van der Waals surface area contributed by atoms with Crippen LogP contribution in [0.15, 0.2) is 182 Å². The van der Waals surface area contributed by atoms with Crippen molar-refractivity contribution < 1.29 is 0 Å². The Morgan fingerprint density at radius 3 is 1.76 bits per heavy atom. The minimum Gasteiger partial charge on any atom is -0.309 e. The van der Waals surface area contributed by atoms with Gasteiger partial charge >= 0.3 is 0 Å². The first-order valence-corrected chi connectivity index (χ1v) is 18.3. The molecule has 0 spiro atoms. The molecule has 0 fully saturated rings. The van der Waals surface area contributed by atoms with Crippen LogP contribution in [0.25, 0.3) is 97.4 Å². The number of thiophene rings is 1. The summed E-state index contributed by atoms with van der Waals surface area (Å²) in [5.74, 6) is 0. The summed E-state index contributed by atoms with van der Waals surface area (Å²) in [6.45, 7) is 0. The zero-order valence-corrected chi connectivity index (χ0v) is 28.4. The predicted molar refractivity (Wildman–Crippen MR) is 219 cm³/mol. The Hall–Kier alpha value is -6.42. The lowest BCUT2D eigenvalue weighted by atomic mass is 9.95. The molecule has 0 unspecified atom stereocenters. The molecule has 0 saturated heterocycles. The van der Waals surface area contributed by atoms with Gasteiger partial charge in [-0.1, -0.05) is 121 Å². The number of rotatable bonds is 4. The molecule has 0 amide bonds. The van der Waals surface area contributed by atoms with E-state index in [1.54, 1.807) is 0 Å². The summed E-state index contributed by atoms with van der Waals surface area (Å²) in [6, 6.07) is 66.5. The highest BCUT2D eigenvalue weighted by molar-refractivity contribution is 7.26. The average molecular weight is 667 g/mol. The van der Waals surface area contributed by atoms with Gasteiger partial charge in [-0.25, -0.2) is 0 Å². The molecule has 0 radical (unpaired) electrons. The van der Waals surface area contributed by atoms with Crippen molar-refractivity contribution in [3.05, 3.63) is 182 Å². The number of para-hydroxylation sites is 3. The van der Waals surface area contributed by atoms with Crippen LogP contribution < -0.4 is 0 Å². The first kappa shape index (κ1) is 28.4. The second-order valence-electron chi connectivity index (χ2n) is 13.3. The monoisotopic (exact) mass is 666 g/mol. The molecular formula is C48H30N2S. The first-order chi connectivity index (χ1) is 25.3. The molecule has 3 heteroatoms. The van der Waals surface area contributed by atoms with Crippen molar-refractivity contribution in [2.24, 2.45) is 0 Å². The van der Waals surface area contributed by atoms with Crippen LogP contribution >= 0.6 is 11.3 Å². The maximum Gasteiger partial charge on any atom is 0.0720 e. The van der Waals surface area contributed by atoms with Gasteiger partial charge in [-0.05, 0) is 82.9 Å². The molecule has 0 atom stereocenters. The van der Waals surface area contributed by atoms with Crippen molar-refractivity contribution in [2.45, 2.75) is 0 Å². The van der Waals surface area contributed by atoms with Gasteiger partial charge < -0.3 is 9.13 Å². The normalized spacial score (nSPS) is 11.9. The van der Waals surface area contributed by atoms with E-state index in [1.807, 2.05) is 11.3 Å². The van der Waals surface area contributed by atoms with Gasteiger partial charge in [-0.2, -0.15) is 0 Å². The van der Waals surface area contributed by atoms with Crippen LogP contribution in [0.1, 0.15) is 0 Å². The summed E-state index contributed by atoms with van der Waals surface area (Å²) < 4.78 is 7.51. The van der Waals surface area contributed by atoms with E-state index in [4.69, 9.17) is 0 Å². The second kappa shape index (κ2) is 11.0. The zero-order chi connectivity index (χ0) is 33.5. The van der Waals surface area contributed by atoms with E-state index in [9.17, 15) is 0 Å². The molecule has 0 saturated carbocycles. The van der Waals surface area contributed by atoms with Gasteiger partial charge in [-0.15, -0.1) is 11.3 Å². The van der Waals surface area contributed by atoms with E-state index in [2.05, 4.69) is 191 Å². The molecule has 0 aliphatic carbocycles. The van der Waals surface area contributed by atoms with Gasteiger partial charge in [0.2, 0.25) is 0 Å². The summed E-state index contributed by atoms with van der Waals surface area (Å²) in [5.41, 5.74) is 12.2. The fourth-order valence-corrected chi connectivity index (χ4v) is 9.54. The Bertz CT molecular complexity index is 3130. The van der Waals surface area contributed by atoms with Gasteiger partial charge in [0.15, 0.2) is 0 Å². The highest BCUT2D eigenvalue weighted by Gasteiger charge is 2.22. The minimum atomic E-state index is 1.17. The van der Waals surface area contributed by atoms with Crippen molar-refractivity contribution in [2.75, 3.05) is 0 Å². The van der Waals surface area contributed by atoms with Crippen LogP contribution in [0.4, 0.5) is 0 Å². The number of benzene rings is 8. The Balaban J connectivity index is 1.24. The third-order valence-corrected chi connectivity index (χ3v) is 11.7. The Kier molecular flexibility index (Phi) is 6.16. The molecule has 0 aliphatic heterocycles. The molecule has 11 rings (SSSR count). The smallest absolute Gasteiger partial charge is 0.0720 e. The van der Waals surface area contributed by atoms with Crippen LogP contribution in [0.5, 0.6) is 0 Å². The van der Waals surface area contributed by atoms with Crippen molar-refractivity contribution >= 4 is 75.1 Å². The van der Waals surface area contributed by atoms with E-state index in [0.29, 0.717) is 0 Å². The Labute approximate surface area is 298 Å². The molecule has 2 nitrogen and oxygen atoms in total. The van der Waals surface area contributed by atoms with Crippen molar-refractivity contribution in [1.29, 1.82) is 0 Å². The topological polar surface area (TPSA) is 9.86 Å². The Morgan fingerprint density at radius 1 is 0.353 bits per heavy atom. The number of nitrogens with zero attached hydrogens (tertiary/aromatic N) is 2. The molecule has 0 N–H and O–H groups in total. The molecule has 8 aromatic carbocycles. The number of hydrogen-bond acceptors (Lipinski definition) is 1. The van der Waals surface area contributed by atoms with Crippen molar-refractivity contribution in [3.63, 3.8) is 0 Å². The molecular weight excluding hydrogens is 637 g/mol. The van der Waals surface area contributed by atoms with Gasteiger partial charge in [0.05, 0.1) is 26.8 Å². The zero-order valence-electron chi connectivity index (χ0n) is 27.6. The lowest BCUT2D eigenvalue weighted by Gasteiger charge is -2.13. The third-order valence-electron chi connectivity index (χ3n) is 10.5. The van der Waals surface area contributed by atoms with Crippen LogP contribution in [-0.4, -0.2) is 9.13 Å². The van der Waals surface area contributed by atoms with Gasteiger partial charge in [-0.3, -0.25) is 0 Å². The maximum atomic E-state index is 2.50. The van der Waals surface area contributed by atoms with Crippen molar-refractivity contribution in [3.8, 4) is 33.6 Å². The van der Waals surface area contributed by atoms with Crippen LogP contribution in [0, 0.1) is 0 Å². The fourth-order valence-electron chi connectivity index (χ4n) is 8.28. The summed E-state index contributed by atoms with van der Waals surface area (Å²) in [5, 5.41) is 7.69. The molecule has 0 aliphatic rings. The standard InChI is InChI=1S/C48H30N2S/c1-3-14-31(15-4-1)32-16-13-19-35(28-32)50-43-24-11-8-21-37(43)41-30-39(46-38-22-9-12-25-45(38)51-48(46)47(41)50)33-26-27-44-40(29-33)36-20-7-10-23-42(36)49(44)34-17-5-2-6-18-34/h1-30H. The summed E-state index contributed by atoms with van der Waals surface area (Å²) >= 11 is 1.91. The number of fused-ring (bicyclic) bond motifs is 10. The lowest BCUT2D eigenvalue weighted by molar-refractivity contribution is 1.18. The van der Waals surface area contributed by atoms with E-state index in [-0.39, 0.29) is 0 Å². The first-order valence-electron chi connectivity index (χ1n) is 17.4. The summed E-state index contributed by atoms with van der Waals surface area (Å²) in [6.07, 6.45) is 0. The molecule has 3 aromatic heterocycles. The molecule has 0 bridgehead atoms. The molecule has 51 heavy (non-hydrogen) atoms. The van der Waals surface area contributed by atoms with E-state index in [1.165, 1.54) is 97.4 Å². The van der Waals surface area contributed by atoms with Gasteiger partial charge in [0, 0.05) is 48.4 Å². The highest BCUT2D eigenvalue weighted by atomic mass is 32.1. The van der Waals surface area contributed by atoms with Crippen LogP contribution in [0.3, 0.4) is 0 Å². The minimum absolute atomic E-state index is 1.17. The van der Waals surface area contributed by atoms with Gasteiger partial charge in [0.1, 0.15) is 0 Å². The molecule has 238 valence electrons. The maximum absolute atomic E-state index is 2.50. The SMILES string of the molecule is c1ccc(-c2cccc(-n3c4ccccc4c4cc(-c5ccc6c(c5)c5ccccc5n6-c5ccccc5)c5c6ccccc6sc5c43)c2)cc1. The van der Waals surface area contributed by atoms with Crippen LogP contribution in [0.2, 0.25) is 0 Å². The highest BCUT2D eigenvalue weighted by Crippen LogP contribution is 2.48. The van der Waals surface area contributed by atoms with Crippen LogP contribution in [-0.2, 0) is 0 Å². The lowest BCUT2D eigenvalue weighted by Crippen LogP contribution is -1.95. The second-order valence-corrected chi connectivity index (χ2v) is 14.4. The fraction of sp³-hybridized carbons (Fsp3) is 0. The summed E-state index contributed by atoms with van der Waals surface area (Å²) in [4.78, 5) is 0. The summed E-state index contributed by atoms with van der Waals surface area (Å²) in [7, 11) is 0. The predicted octanol–water partition coefficient (Wildman–Crippen LogP) is 13.6. The largest absolute Gasteiger partial charge is 0.309 e. The third kappa shape index (κ3) is 4.22. The Morgan fingerprint density at radius 2 is 0.961 bits per heavy atom.